The Morgan fingerprint density at radius 2 is 1.83 bits per heavy atom. The smallest absolute Gasteiger partial charge is 0.255 e. The molecule has 6 nitrogen and oxygen atoms in total. The van der Waals surface area contributed by atoms with Crippen molar-refractivity contribution in [1.29, 1.82) is 0 Å². The first-order chi connectivity index (χ1) is 11.6. The average molecular weight is 343 g/mol. The Morgan fingerprint density at radius 1 is 1.17 bits per heavy atom. The number of rotatable bonds is 6. The van der Waals surface area contributed by atoms with Gasteiger partial charge in [-0.25, -0.2) is 0 Å². The number of hydrogen-bond donors (Lipinski definition) is 4. The van der Waals surface area contributed by atoms with E-state index in [1.807, 2.05) is 19.1 Å². The van der Waals surface area contributed by atoms with E-state index in [-0.39, 0.29) is 11.9 Å². The third-order valence-corrected chi connectivity index (χ3v) is 3.65. The third kappa shape index (κ3) is 5.29. The van der Waals surface area contributed by atoms with E-state index < -0.39 is 0 Å². The Morgan fingerprint density at radius 3 is 2.46 bits per heavy atom. The van der Waals surface area contributed by atoms with Gasteiger partial charge in [0.05, 0.1) is 0 Å². The van der Waals surface area contributed by atoms with Crippen LogP contribution in [0.2, 0.25) is 0 Å². The van der Waals surface area contributed by atoms with E-state index in [9.17, 15) is 4.79 Å². The van der Waals surface area contributed by atoms with Crippen LogP contribution in [-0.2, 0) is 0 Å². The van der Waals surface area contributed by atoms with Gasteiger partial charge in [-0.2, -0.15) is 0 Å². The van der Waals surface area contributed by atoms with Gasteiger partial charge in [-0.3, -0.25) is 9.78 Å². The fourth-order valence-electron chi connectivity index (χ4n) is 2.06. The van der Waals surface area contributed by atoms with E-state index >= 15 is 0 Å². The second-order valence-electron chi connectivity index (χ2n) is 5.16. The Bertz CT molecular complexity index is 675. The number of pyridine rings is 1. The van der Waals surface area contributed by atoms with Crippen molar-refractivity contribution in [3.8, 4) is 0 Å². The molecule has 0 aliphatic heterocycles. The van der Waals surface area contributed by atoms with Crippen LogP contribution in [0.1, 0.15) is 28.9 Å². The molecule has 0 saturated heterocycles. The number of aromatic nitrogens is 1. The highest BCUT2D eigenvalue weighted by molar-refractivity contribution is 7.80. The van der Waals surface area contributed by atoms with Crippen LogP contribution < -0.4 is 21.7 Å². The number of carbonyl (C=O) groups is 1. The fraction of sp³-hybridized carbons (Fsp3) is 0.235. The zero-order valence-corrected chi connectivity index (χ0v) is 14.3. The van der Waals surface area contributed by atoms with Crippen molar-refractivity contribution in [2.75, 3.05) is 18.4 Å². The van der Waals surface area contributed by atoms with Gasteiger partial charge in [0.1, 0.15) is 0 Å². The lowest BCUT2D eigenvalue weighted by Crippen LogP contribution is -2.39. The van der Waals surface area contributed by atoms with Gasteiger partial charge in [0.2, 0.25) is 0 Å². The minimum absolute atomic E-state index is 0.173. The number of amides is 1. The second-order valence-corrected chi connectivity index (χ2v) is 5.57. The summed E-state index contributed by atoms with van der Waals surface area (Å²) in [5.41, 5.74) is 8.34. The van der Waals surface area contributed by atoms with Gasteiger partial charge in [-0.1, -0.05) is 12.1 Å². The summed E-state index contributed by atoms with van der Waals surface area (Å²) in [7, 11) is 0. The summed E-state index contributed by atoms with van der Waals surface area (Å²) in [4.78, 5) is 16.1. The molecular formula is C17H21N5OS. The highest BCUT2D eigenvalue weighted by Gasteiger charge is 2.09. The summed E-state index contributed by atoms with van der Waals surface area (Å²) < 4.78 is 0. The van der Waals surface area contributed by atoms with Crippen LogP contribution in [0.4, 0.5) is 5.69 Å². The van der Waals surface area contributed by atoms with Crippen LogP contribution in [0.5, 0.6) is 0 Å². The molecule has 1 unspecified atom stereocenters. The van der Waals surface area contributed by atoms with E-state index in [1.54, 1.807) is 36.7 Å². The lowest BCUT2D eigenvalue weighted by Gasteiger charge is -2.15. The monoisotopic (exact) mass is 343 g/mol. The minimum Gasteiger partial charge on any atom is -0.363 e. The molecule has 0 aliphatic carbocycles. The fourth-order valence-corrected chi connectivity index (χ4v) is 2.29. The topological polar surface area (TPSA) is 92.1 Å². The molecule has 0 aliphatic rings. The molecule has 126 valence electrons. The van der Waals surface area contributed by atoms with E-state index in [2.05, 4.69) is 20.9 Å². The molecule has 1 heterocycles. The normalized spacial score (nSPS) is 11.4. The first kappa shape index (κ1) is 17.8. The Balaban J connectivity index is 1.92. The van der Waals surface area contributed by atoms with Crippen LogP contribution in [0.3, 0.4) is 0 Å². The van der Waals surface area contributed by atoms with Crippen LogP contribution in [0.15, 0.2) is 48.8 Å². The number of carbonyl (C=O) groups excluding carboxylic acids is 1. The number of nitrogens with zero attached hydrogens (tertiary/aromatic N) is 1. The van der Waals surface area contributed by atoms with Crippen LogP contribution in [0.25, 0.3) is 0 Å². The molecular weight excluding hydrogens is 322 g/mol. The van der Waals surface area contributed by atoms with Crippen molar-refractivity contribution in [2.45, 2.75) is 13.0 Å². The van der Waals surface area contributed by atoms with E-state index in [0.717, 1.165) is 12.1 Å². The summed E-state index contributed by atoms with van der Waals surface area (Å²) in [5.74, 6) is -0.173. The van der Waals surface area contributed by atoms with Crippen molar-refractivity contribution >= 4 is 28.9 Å². The highest BCUT2D eigenvalue weighted by Crippen LogP contribution is 2.13. The van der Waals surface area contributed by atoms with Gasteiger partial charge in [-0.05, 0) is 49.0 Å². The van der Waals surface area contributed by atoms with Crippen molar-refractivity contribution in [3.63, 3.8) is 0 Å². The number of anilines is 1. The van der Waals surface area contributed by atoms with E-state index in [1.165, 1.54) is 0 Å². The van der Waals surface area contributed by atoms with Gasteiger partial charge in [0.25, 0.3) is 5.91 Å². The quantitative estimate of drug-likeness (QED) is 0.598. The van der Waals surface area contributed by atoms with Gasteiger partial charge in [0.15, 0.2) is 5.11 Å². The van der Waals surface area contributed by atoms with Crippen molar-refractivity contribution in [2.24, 2.45) is 5.73 Å². The number of nitrogens with one attached hydrogen (secondary N) is 3. The summed E-state index contributed by atoms with van der Waals surface area (Å²) >= 11 is 5.10. The molecule has 0 spiro atoms. The maximum atomic E-state index is 12.2. The Hall–Kier alpha value is -2.51. The minimum atomic E-state index is -0.209. The van der Waals surface area contributed by atoms with Crippen LogP contribution in [0, 0.1) is 0 Å². The lowest BCUT2D eigenvalue weighted by atomic mass is 10.1. The molecule has 24 heavy (non-hydrogen) atoms. The van der Waals surface area contributed by atoms with Crippen molar-refractivity contribution in [1.82, 2.24) is 15.6 Å². The molecule has 7 heteroatoms. The van der Waals surface area contributed by atoms with E-state index in [0.29, 0.717) is 22.9 Å². The van der Waals surface area contributed by atoms with Crippen molar-refractivity contribution < 1.29 is 4.79 Å². The summed E-state index contributed by atoms with van der Waals surface area (Å²) in [6.07, 6.45) is 3.26. The number of hydrogen-bond acceptors (Lipinski definition) is 4. The first-order valence-corrected chi connectivity index (χ1v) is 8.09. The number of thiocarbonyl (C=S) groups is 1. The van der Waals surface area contributed by atoms with E-state index in [4.69, 9.17) is 18.0 Å². The molecule has 0 radical (unpaired) electrons. The molecule has 2 aromatic rings. The molecule has 1 aromatic heterocycles. The zero-order chi connectivity index (χ0) is 17.4. The van der Waals surface area contributed by atoms with Gasteiger partial charge in [-0.15, -0.1) is 0 Å². The molecule has 0 bridgehead atoms. The molecule has 1 aromatic carbocycles. The molecule has 2 rings (SSSR count). The maximum absolute atomic E-state index is 12.2. The zero-order valence-electron chi connectivity index (χ0n) is 13.5. The molecule has 5 N–H and O–H groups in total. The standard InChI is InChI=1S/C17H21N5OS/c1-2-20-17(24)21-11-15(18)12-3-5-13(6-4-12)16(23)22-14-7-9-19-10-8-14/h3-10,15H,2,11,18H2,1H3,(H,19,22,23)(H2,20,21,24). The summed E-state index contributed by atoms with van der Waals surface area (Å²) in [6.45, 7) is 3.26. The second kappa shape index (κ2) is 8.95. The Kier molecular flexibility index (Phi) is 6.65. The van der Waals surface area contributed by atoms with Gasteiger partial charge >= 0.3 is 0 Å². The lowest BCUT2D eigenvalue weighted by molar-refractivity contribution is 0.102. The molecule has 0 fully saturated rings. The largest absolute Gasteiger partial charge is 0.363 e. The summed E-state index contributed by atoms with van der Waals surface area (Å²) in [6, 6.07) is 10.5. The van der Waals surface area contributed by atoms with Crippen LogP contribution in [-0.4, -0.2) is 29.1 Å². The molecule has 1 amide bonds. The van der Waals surface area contributed by atoms with Gasteiger partial charge < -0.3 is 21.7 Å². The van der Waals surface area contributed by atoms with Crippen LogP contribution >= 0.6 is 12.2 Å². The van der Waals surface area contributed by atoms with Gasteiger partial charge in [0, 0.05) is 42.8 Å². The maximum Gasteiger partial charge on any atom is 0.255 e. The molecule has 1 atom stereocenters. The third-order valence-electron chi connectivity index (χ3n) is 3.36. The number of nitrogens with two attached hydrogens (primary N) is 1. The Labute approximate surface area is 146 Å². The highest BCUT2D eigenvalue weighted by atomic mass is 32.1. The average Bonchev–Trinajstić information content (AvgIpc) is 2.61. The predicted molar refractivity (Wildman–Crippen MR) is 99.8 cm³/mol. The first-order valence-electron chi connectivity index (χ1n) is 7.68. The molecule has 0 saturated carbocycles. The summed E-state index contributed by atoms with van der Waals surface area (Å²) in [5, 5.41) is 9.47. The van der Waals surface area contributed by atoms with Crippen molar-refractivity contribution in [3.05, 3.63) is 59.9 Å². The SMILES string of the molecule is CCNC(=S)NCC(N)c1ccc(C(=O)Nc2ccncc2)cc1. The number of benzene rings is 1. The predicted octanol–water partition coefficient (Wildman–Crippen LogP) is 1.82.